The molecule has 0 fully saturated rings. The van der Waals surface area contributed by atoms with E-state index in [0.717, 1.165) is 28.6 Å². The number of aromatic nitrogens is 2. The van der Waals surface area contributed by atoms with Gasteiger partial charge in [0.1, 0.15) is 0 Å². The molecular formula is C15H21ClN4. The van der Waals surface area contributed by atoms with Gasteiger partial charge in [-0.1, -0.05) is 11.6 Å². The first-order chi connectivity index (χ1) is 9.40. The molecule has 0 bridgehead atoms. The molecule has 20 heavy (non-hydrogen) atoms. The first-order valence-corrected chi connectivity index (χ1v) is 6.97. The van der Waals surface area contributed by atoms with E-state index in [9.17, 15) is 0 Å². The van der Waals surface area contributed by atoms with Crippen LogP contribution in [0.3, 0.4) is 0 Å². The molecule has 1 aromatic heterocycles. The summed E-state index contributed by atoms with van der Waals surface area (Å²) in [4.78, 5) is 2.00. The Bertz CT molecular complexity index is 617. The molecule has 0 aliphatic rings. The summed E-state index contributed by atoms with van der Waals surface area (Å²) in [5, 5.41) is 8.58. The molecule has 0 aliphatic carbocycles. The van der Waals surface area contributed by atoms with Gasteiger partial charge >= 0.3 is 0 Å². The van der Waals surface area contributed by atoms with Crippen LogP contribution in [0.5, 0.6) is 0 Å². The lowest BCUT2D eigenvalue weighted by molar-refractivity contribution is 0.730. The van der Waals surface area contributed by atoms with E-state index in [0.29, 0.717) is 0 Å². The first kappa shape index (κ1) is 14.7. The molecule has 1 N–H and O–H groups in total. The van der Waals surface area contributed by atoms with Gasteiger partial charge in [0.15, 0.2) is 0 Å². The minimum absolute atomic E-state index is 0.750. The summed E-state index contributed by atoms with van der Waals surface area (Å²) in [5.41, 5.74) is 5.52. The van der Waals surface area contributed by atoms with Crippen molar-refractivity contribution in [2.24, 2.45) is 7.05 Å². The van der Waals surface area contributed by atoms with Crippen LogP contribution in [0, 0.1) is 13.8 Å². The topological polar surface area (TPSA) is 33.1 Å². The number of anilines is 2. The fraction of sp³-hybridized carbons (Fsp3) is 0.400. The molecule has 4 nitrogen and oxygen atoms in total. The van der Waals surface area contributed by atoms with Crippen LogP contribution >= 0.6 is 11.6 Å². The second kappa shape index (κ2) is 5.75. The minimum Gasteiger partial charge on any atom is -0.381 e. The molecule has 5 heteroatoms. The number of rotatable bonds is 4. The number of aryl methyl sites for hydroxylation is 2. The van der Waals surface area contributed by atoms with E-state index in [1.807, 2.05) is 55.8 Å². The number of nitrogens with zero attached hydrogens (tertiary/aromatic N) is 3. The summed E-state index contributed by atoms with van der Waals surface area (Å²) >= 11 is 6.27. The lowest BCUT2D eigenvalue weighted by atomic mass is 10.2. The Hall–Kier alpha value is -1.68. The van der Waals surface area contributed by atoms with Crippen molar-refractivity contribution in [3.63, 3.8) is 0 Å². The van der Waals surface area contributed by atoms with E-state index in [4.69, 9.17) is 11.6 Å². The summed E-state index contributed by atoms with van der Waals surface area (Å²) in [7, 11) is 5.93. The fourth-order valence-corrected chi connectivity index (χ4v) is 2.59. The molecule has 0 amide bonds. The smallest absolute Gasteiger partial charge is 0.0659 e. The molecule has 0 saturated carbocycles. The van der Waals surface area contributed by atoms with Crippen molar-refractivity contribution < 1.29 is 0 Å². The van der Waals surface area contributed by atoms with Gasteiger partial charge in [-0.15, -0.1) is 0 Å². The Kier molecular flexibility index (Phi) is 4.23. The Morgan fingerprint density at radius 1 is 1.30 bits per heavy atom. The summed E-state index contributed by atoms with van der Waals surface area (Å²) in [6.07, 6.45) is 0. The number of hydrogen-bond acceptors (Lipinski definition) is 3. The molecule has 1 aromatic carbocycles. The van der Waals surface area contributed by atoms with Gasteiger partial charge in [0.25, 0.3) is 0 Å². The van der Waals surface area contributed by atoms with Crippen molar-refractivity contribution >= 4 is 23.0 Å². The van der Waals surface area contributed by atoms with E-state index in [1.165, 1.54) is 11.3 Å². The Morgan fingerprint density at radius 3 is 2.50 bits per heavy atom. The van der Waals surface area contributed by atoms with Crippen LogP contribution in [-0.2, 0) is 13.6 Å². The monoisotopic (exact) mass is 292 g/mol. The largest absolute Gasteiger partial charge is 0.381 e. The highest BCUT2D eigenvalue weighted by Crippen LogP contribution is 2.27. The zero-order valence-electron chi connectivity index (χ0n) is 12.7. The second-order valence-electron chi connectivity index (χ2n) is 5.19. The zero-order valence-corrected chi connectivity index (χ0v) is 13.4. The van der Waals surface area contributed by atoms with Crippen LogP contribution in [0.2, 0.25) is 5.02 Å². The van der Waals surface area contributed by atoms with Crippen LogP contribution < -0.4 is 10.2 Å². The fourth-order valence-electron chi connectivity index (χ4n) is 2.24. The van der Waals surface area contributed by atoms with Gasteiger partial charge in [0, 0.05) is 44.6 Å². The minimum atomic E-state index is 0.750. The van der Waals surface area contributed by atoms with E-state index in [2.05, 4.69) is 17.3 Å². The molecule has 0 unspecified atom stereocenters. The third-order valence-electron chi connectivity index (χ3n) is 3.56. The molecule has 2 rings (SSSR count). The van der Waals surface area contributed by atoms with E-state index in [1.54, 1.807) is 0 Å². The van der Waals surface area contributed by atoms with Gasteiger partial charge < -0.3 is 10.2 Å². The van der Waals surface area contributed by atoms with Gasteiger partial charge in [-0.3, -0.25) is 4.68 Å². The predicted molar refractivity (Wildman–Crippen MR) is 85.8 cm³/mol. The molecule has 2 aromatic rings. The molecule has 0 saturated heterocycles. The van der Waals surface area contributed by atoms with Crippen molar-refractivity contribution in [2.45, 2.75) is 20.4 Å². The molecule has 0 aliphatic heterocycles. The van der Waals surface area contributed by atoms with Gasteiger partial charge in [-0.2, -0.15) is 5.10 Å². The van der Waals surface area contributed by atoms with Gasteiger partial charge in [0.2, 0.25) is 0 Å². The third kappa shape index (κ3) is 2.90. The molecular weight excluding hydrogens is 272 g/mol. The van der Waals surface area contributed by atoms with Crippen LogP contribution in [0.25, 0.3) is 0 Å². The Labute approximate surface area is 125 Å². The van der Waals surface area contributed by atoms with Crippen molar-refractivity contribution in [1.82, 2.24) is 9.78 Å². The van der Waals surface area contributed by atoms with Gasteiger partial charge in [-0.05, 0) is 32.0 Å². The van der Waals surface area contributed by atoms with Crippen LogP contribution in [0.4, 0.5) is 11.4 Å². The predicted octanol–water partition coefficient (Wildman–Crippen LogP) is 3.37. The Balaban J connectivity index is 2.13. The quantitative estimate of drug-likeness (QED) is 0.938. The summed E-state index contributed by atoms with van der Waals surface area (Å²) in [6.45, 7) is 4.87. The van der Waals surface area contributed by atoms with Crippen molar-refractivity contribution in [1.29, 1.82) is 0 Å². The maximum absolute atomic E-state index is 6.27. The number of benzene rings is 1. The molecule has 108 valence electrons. The maximum Gasteiger partial charge on any atom is 0.0659 e. The normalized spacial score (nSPS) is 10.7. The van der Waals surface area contributed by atoms with E-state index < -0.39 is 0 Å². The SMILES string of the molecule is Cc1nn(C)c(C)c1CNc1ccc(N(C)C)c(Cl)c1. The molecule has 1 heterocycles. The summed E-state index contributed by atoms with van der Waals surface area (Å²) in [6, 6.07) is 6.02. The second-order valence-corrected chi connectivity index (χ2v) is 5.59. The highest BCUT2D eigenvalue weighted by molar-refractivity contribution is 6.33. The van der Waals surface area contributed by atoms with Gasteiger partial charge in [-0.25, -0.2) is 0 Å². The summed E-state index contributed by atoms with van der Waals surface area (Å²) in [5.74, 6) is 0. The molecule has 0 atom stereocenters. The standard InChI is InChI=1S/C15H21ClN4/c1-10-13(11(2)20(5)18-10)9-17-12-6-7-15(19(3)4)14(16)8-12/h6-8,17H,9H2,1-5H3. The number of halogens is 1. The molecule has 0 radical (unpaired) electrons. The number of hydrogen-bond donors (Lipinski definition) is 1. The van der Waals surface area contributed by atoms with E-state index in [-0.39, 0.29) is 0 Å². The average Bonchev–Trinajstić information content (AvgIpc) is 2.61. The van der Waals surface area contributed by atoms with Crippen molar-refractivity contribution in [3.05, 3.63) is 40.2 Å². The summed E-state index contributed by atoms with van der Waals surface area (Å²) < 4.78 is 1.91. The van der Waals surface area contributed by atoms with Crippen LogP contribution in [0.15, 0.2) is 18.2 Å². The molecule has 0 spiro atoms. The zero-order chi connectivity index (χ0) is 14.9. The lowest BCUT2D eigenvalue weighted by Gasteiger charge is -2.15. The van der Waals surface area contributed by atoms with Crippen molar-refractivity contribution in [3.8, 4) is 0 Å². The van der Waals surface area contributed by atoms with Crippen LogP contribution in [-0.4, -0.2) is 23.9 Å². The average molecular weight is 293 g/mol. The van der Waals surface area contributed by atoms with Gasteiger partial charge in [0.05, 0.1) is 16.4 Å². The van der Waals surface area contributed by atoms with E-state index >= 15 is 0 Å². The van der Waals surface area contributed by atoms with Crippen LogP contribution in [0.1, 0.15) is 17.0 Å². The highest BCUT2D eigenvalue weighted by atomic mass is 35.5. The Morgan fingerprint density at radius 2 is 2.00 bits per heavy atom. The maximum atomic E-state index is 6.27. The lowest BCUT2D eigenvalue weighted by Crippen LogP contribution is -2.09. The first-order valence-electron chi connectivity index (χ1n) is 6.60. The number of nitrogens with one attached hydrogen (secondary N) is 1. The van der Waals surface area contributed by atoms with Crippen molar-refractivity contribution in [2.75, 3.05) is 24.3 Å². The third-order valence-corrected chi connectivity index (χ3v) is 3.86. The highest BCUT2D eigenvalue weighted by Gasteiger charge is 2.09.